The van der Waals surface area contributed by atoms with Crippen LogP contribution < -0.4 is 5.32 Å². The number of imidazole rings is 1. The third-order valence-electron chi connectivity index (χ3n) is 2.30. The fourth-order valence-electron chi connectivity index (χ4n) is 1.46. The van der Waals surface area contributed by atoms with Gasteiger partial charge in [0.2, 0.25) is 0 Å². The number of H-pyrrole nitrogens is 1. The highest BCUT2D eigenvalue weighted by Crippen LogP contribution is 2.03. The molecule has 0 aliphatic carbocycles. The predicted molar refractivity (Wildman–Crippen MR) is 68.0 cm³/mol. The SMILES string of the molecule is O=C(NCc1ncc[nH]1)c1ncccc1C#CCO. The van der Waals surface area contributed by atoms with Crippen LogP contribution in [0, 0.1) is 11.8 Å². The van der Waals surface area contributed by atoms with Crippen molar-refractivity contribution in [1.29, 1.82) is 0 Å². The molecule has 6 nitrogen and oxygen atoms in total. The summed E-state index contributed by atoms with van der Waals surface area (Å²) >= 11 is 0. The van der Waals surface area contributed by atoms with Crippen molar-refractivity contribution in [3.05, 3.63) is 47.8 Å². The van der Waals surface area contributed by atoms with Gasteiger partial charge in [-0.15, -0.1) is 0 Å². The molecule has 19 heavy (non-hydrogen) atoms. The van der Waals surface area contributed by atoms with Crippen LogP contribution in [-0.2, 0) is 6.54 Å². The van der Waals surface area contributed by atoms with E-state index in [1.165, 1.54) is 6.20 Å². The van der Waals surface area contributed by atoms with Gasteiger partial charge in [0.05, 0.1) is 12.1 Å². The molecule has 3 N–H and O–H groups in total. The van der Waals surface area contributed by atoms with Gasteiger partial charge in [0.15, 0.2) is 0 Å². The lowest BCUT2D eigenvalue weighted by Crippen LogP contribution is -2.25. The van der Waals surface area contributed by atoms with E-state index in [4.69, 9.17) is 5.11 Å². The number of nitrogens with zero attached hydrogens (tertiary/aromatic N) is 2. The number of aromatic nitrogens is 3. The average Bonchev–Trinajstić information content (AvgIpc) is 2.96. The number of rotatable bonds is 3. The normalized spacial score (nSPS) is 9.53. The van der Waals surface area contributed by atoms with Crippen molar-refractivity contribution in [2.75, 3.05) is 6.61 Å². The molecule has 0 aromatic carbocycles. The van der Waals surface area contributed by atoms with Crippen molar-refractivity contribution >= 4 is 5.91 Å². The van der Waals surface area contributed by atoms with Gasteiger partial charge in [-0.05, 0) is 12.1 Å². The van der Waals surface area contributed by atoms with E-state index in [9.17, 15) is 4.79 Å². The molecule has 0 aliphatic heterocycles. The Hall–Kier alpha value is -2.65. The molecule has 0 bridgehead atoms. The number of nitrogens with one attached hydrogen (secondary N) is 2. The van der Waals surface area contributed by atoms with Crippen molar-refractivity contribution in [2.24, 2.45) is 0 Å². The number of carbonyl (C=O) groups excluding carboxylic acids is 1. The number of carbonyl (C=O) groups is 1. The highest BCUT2D eigenvalue weighted by Gasteiger charge is 2.11. The summed E-state index contributed by atoms with van der Waals surface area (Å²) in [6.45, 7) is 0.0254. The monoisotopic (exact) mass is 256 g/mol. The molecule has 0 saturated heterocycles. The molecule has 2 aromatic rings. The van der Waals surface area contributed by atoms with Crippen LogP contribution in [0.25, 0.3) is 0 Å². The molecule has 1 amide bonds. The third-order valence-corrected chi connectivity index (χ3v) is 2.30. The highest BCUT2D eigenvalue weighted by atomic mass is 16.2. The number of pyridine rings is 1. The van der Waals surface area contributed by atoms with E-state index in [2.05, 4.69) is 32.1 Å². The molecular formula is C13H12N4O2. The second kappa shape index (κ2) is 6.33. The molecular weight excluding hydrogens is 244 g/mol. The van der Waals surface area contributed by atoms with Crippen molar-refractivity contribution in [3.63, 3.8) is 0 Å². The molecule has 0 radical (unpaired) electrons. The molecule has 0 aliphatic rings. The maximum absolute atomic E-state index is 12.0. The van der Waals surface area contributed by atoms with Gasteiger partial charge in [0.1, 0.15) is 18.1 Å². The van der Waals surface area contributed by atoms with Crippen LogP contribution in [0.5, 0.6) is 0 Å². The van der Waals surface area contributed by atoms with Crippen LogP contribution in [0.4, 0.5) is 0 Å². The first kappa shape index (κ1) is 12.8. The smallest absolute Gasteiger partial charge is 0.271 e. The number of aliphatic hydroxyl groups is 1. The van der Waals surface area contributed by atoms with Gasteiger partial charge in [0, 0.05) is 18.6 Å². The number of amides is 1. The zero-order chi connectivity index (χ0) is 13.5. The van der Waals surface area contributed by atoms with E-state index >= 15 is 0 Å². The van der Waals surface area contributed by atoms with Crippen LogP contribution in [-0.4, -0.2) is 32.6 Å². The number of aromatic amines is 1. The first-order valence-electron chi connectivity index (χ1n) is 5.62. The number of hydrogen-bond donors (Lipinski definition) is 3. The number of aliphatic hydroxyl groups excluding tert-OH is 1. The molecule has 0 atom stereocenters. The largest absolute Gasteiger partial charge is 0.384 e. The molecule has 2 heterocycles. The van der Waals surface area contributed by atoms with Gasteiger partial charge >= 0.3 is 0 Å². The van der Waals surface area contributed by atoms with Crippen LogP contribution in [0.2, 0.25) is 0 Å². The van der Waals surface area contributed by atoms with Crippen molar-refractivity contribution in [2.45, 2.75) is 6.54 Å². The Morgan fingerprint density at radius 2 is 2.32 bits per heavy atom. The second-order valence-electron chi connectivity index (χ2n) is 3.58. The van der Waals surface area contributed by atoms with Gasteiger partial charge in [-0.1, -0.05) is 11.8 Å². The lowest BCUT2D eigenvalue weighted by atomic mass is 10.2. The molecule has 2 rings (SSSR count). The summed E-state index contributed by atoms with van der Waals surface area (Å²) in [4.78, 5) is 22.9. The van der Waals surface area contributed by atoms with E-state index in [0.29, 0.717) is 11.4 Å². The molecule has 96 valence electrons. The van der Waals surface area contributed by atoms with E-state index < -0.39 is 0 Å². The summed E-state index contributed by atoms with van der Waals surface area (Å²) < 4.78 is 0. The molecule has 0 saturated carbocycles. The summed E-state index contributed by atoms with van der Waals surface area (Å²) in [5.74, 6) is 5.51. The summed E-state index contributed by atoms with van der Waals surface area (Å²) in [7, 11) is 0. The maximum atomic E-state index is 12.0. The Morgan fingerprint density at radius 3 is 3.05 bits per heavy atom. The Morgan fingerprint density at radius 1 is 1.42 bits per heavy atom. The zero-order valence-corrected chi connectivity index (χ0v) is 10.1. The van der Waals surface area contributed by atoms with Gasteiger partial charge < -0.3 is 15.4 Å². The van der Waals surface area contributed by atoms with Crippen molar-refractivity contribution in [1.82, 2.24) is 20.3 Å². The summed E-state index contributed by atoms with van der Waals surface area (Å²) in [5.41, 5.74) is 0.712. The quantitative estimate of drug-likeness (QED) is 0.678. The first-order valence-corrected chi connectivity index (χ1v) is 5.62. The Balaban J connectivity index is 2.10. The predicted octanol–water partition coefficient (Wildman–Crippen LogP) is 0.0785. The molecule has 0 fully saturated rings. The minimum Gasteiger partial charge on any atom is -0.384 e. The lowest BCUT2D eigenvalue weighted by Gasteiger charge is -2.04. The minimum atomic E-state index is -0.334. The second-order valence-corrected chi connectivity index (χ2v) is 3.58. The van der Waals surface area contributed by atoms with Crippen molar-refractivity contribution in [3.8, 4) is 11.8 Å². The fraction of sp³-hybridized carbons (Fsp3) is 0.154. The van der Waals surface area contributed by atoms with Gasteiger partial charge in [-0.2, -0.15) is 0 Å². The summed E-state index contributed by atoms with van der Waals surface area (Å²) in [5, 5.41) is 11.4. The summed E-state index contributed by atoms with van der Waals surface area (Å²) in [6, 6.07) is 3.36. The van der Waals surface area contributed by atoms with Crippen LogP contribution in [0.3, 0.4) is 0 Å². The topological polar surface area (TPSA) is 90.9 Å². The lowest BCUT2D eigenvalue weighted by molar-refractivity contribution is 0.0944. The fourth-order valence-corrected chi connectivity index (χ4v) is 1.46. The van der Waals surface area contributed by atoms with E-state index in [-0.39, 0.29) is 24.8 Å². The van der Waals surface area contributed by atoms with Gasteiger partial charge in [-0.25, -0.2) is 9.97 Å². The van der Waals surface area contributed by atoms with Crippen LogP contribution >= 0.6 is 0 Å². The zero-order valence-electron chi connectivity index (χ0n) is 10.1. The van der Waals surface area contributed by atoms with Crippen molar-refractivity contribution < 1.29 is 9.90 Å². The maximum Gasteiger partial charge on any atom is 0.271 e. The highest BCUT2D eigenvalue weighted by molar-refractivity contribution is 5.94. The van der Waals surface area contributed by atoms with Crippen LogP contribution in [0.15, 0.2) is 30.7 Å². The van der Waals surface area contributed by atoms with E-state index in [1.807, 2.05) is 0 Å². The Labute approximate surface area is 109 Å². The standard InChI is InChI=1S/C13H12N4O2/c18-8-2-4-10-3-1-5-16-12(10)13(19)17-9-11-14-6-7-15-11/h1,3,5-7,18H,8-9H2,(H,14,15)(H,17,19). The first-order chi connectivity index (χ1) is 9.31. The van der Waals surface area contributed by atoms with E-state index in [1.54, 1.807) is 24.5 Å². The van der Waals surface area contributed by atoms with Crippen LogP contribution in [0.1, 0.15) is 21.9 Å². The number of hydrogen-bond acceptors (Lipinski definition) is 4. The molecule has 2 aromatic heterocycles. The average molecular weight is 256 g/mol. The Bertz CT molecular complexity index is 611. The minimum absolute atomic E-state index is 0.231. The molecule has 0 unspecified atom stereocenters. The molecule has 6 heteroatoms. The van der Waals surface area contributed by atoms with E-state index in [0.717, 1.165) is 0 Å². The third kappa shape index (κ3) is 3.40. The van der Waals surface area contributed by atoms with Gasteiger partial charge in [0.25, 0.3) is 5.91 Å². The Kier molecular flexibility index (Phi) is 4.26. The van der Waals surface area contributed by atoms with Gasteiger partial charge in [-0.3, -0.25) is 4.79 Å². The summed E-state index contributed by atoms with van der Waals surface area (Å²) in [6.07, 6.45) is 4.81. The molecule has 0 spiro atoms.